The van der Waals surface area contributed by atoms with Crippen molar-refractivity contribution in [3.05, 3.63) is 53.6 Å². The van der Waals surface area contributed by atoms with E-state index in [0.29, 0.717) is 0 Å². The first-order valence-electron chi connectivity index (χ1n) is 4.06. The average molecular weight is 211 g/mol. The van der Waals surface area contributed by atoms with Crippen LogP contribution < -0.4 is 0 Å². The van der Waals surface area contributed by atoms with E-state index in [-0.39, 0.29) is 19.9 Å². The monoisotopic (exact) mass is 210 g/mol. The van der Waals surface area contributed by atoms with Gasteiger partial charge in [0.2, 0.25) is 0 Å². The number of benzene rings is 1. The minimum absolute atomic E-state index is 0. The summed E-state index contributed by atoms with van der Waals surface area (Å²) in [6, 6.07) is 12.9. The molecule has 0 radical (unpaired) electrons. The Balaban J connectivity index is 0.000000845. The molecule has 1 aromatic heterocycles. The van der Waals surface area contributed by atoms with Crippen LogP contribution in [0.25, 0.3) is 5.30 Å². The SMILES string of the molecule is Cc1ccp(-c2ccccc2)c1.Cl. The average Bonchev–Trinajstić information content (AvgIpc) is 2.54. The summed E-state index contributed by atoms with van der Waals surface area (Å²) in [7, 11) is -0.122. The second-order valence-electron chi connectivity index (χ2n) is 2.93. The van der Waals surface area contributed by atoms with Crippen molar-refractivity contribution in [1.82, 2.24) is 0 Å². The molecule has 13 heavy (non-hydrogen) atoms. The summed E-state index contributed by atoms with van der Waals surface area (Å²) in [4.78, 5) is 0. The van der Waals surface area contributed by atoms with E-state index in [1.165, 1.54) is 10.9 Å². The highest BCUT2D eigenvalue weighted by atomic mass is 35.5. The highest BCUT2D eigenvalue weighted by Crippen LogP contribution is 2.39. The molecule has 2 heteroatoms. The highest BCUT2D eigenvalue weighted by Gasteiger charge is 1.95. The Kier molecular flexibility index (Phi) is 3.59. The Morgan fingerprint density at radius 1 is 1.00 bits per heavy atom. The van der Waals surface area contributed by atoms with Crippen molar-refractivity contribution in [1.29, 1.82) is 0 Å². The molecular weight excluding hydrogens is 199 g/mol. The Morgan fingerprint density at radius 2 is 1.69 bits per heavy atom. The van der Waals surface area contributed by atoms with Gasteiger partial charge < -0.3 is 0 Å². The second-order valence-corrected chi connectivity index (χ2v) is 4.82. The molecule has 2 rings (SSSR count). The summed E-state index contributed by atoms with van der Waals surface area (Å²) < 4.78 is 0. The van der Waals surface area contributed by atoms with Gasteiger partial charge >= 0.3 is 0 Å². The standard InChI is InChI=1S/C11H11P.ClH/c1-10-7-8-12(9-10)11-5-3-2-4-6-11;/h2-9H,1H3;1H. The molecule has 0 spiro atoms. The van der Waals surface area contributed by atoms with Gasteiger partial charge in [-0.25, -0.2) is 0 Å². The van der Waals surface area contributed by atoms with Crippen molar-refractivity contribution < 1.29 is 0 Å². The van der Waals surface area contributed by atoms with E-state index in [1.807, 2.05) is 0 Å². The van der Waals surface area contributed by atoms with Gasteiger partial charge in [-0.05, 0) is 29.4 Å². The van der Waals surface area contributed by atoms with Crippen LogP contribution in [0.1, 0.15) is 5.56 Å². The van der Waals surface area contributed by atoms with E-state index in [0.717, 1.165) is 0 Å². The largest absolute Gasteiger partial charge is 0.147 e. The molecule has 0 N–H and O–H groups in total. The van der Waals surface area contributed by atoms with Crippen LogP contribution in [0.3, 0.4) is 0 Å². The molecule has 0 saturated heterocycles. The second kappa shape index (κ2) is 4.50. The molecule has 2 aromatic rings. The lowest BCUT2D eigenvalue weighted by Crippen LogP contribution is -1.60. The lowest BCUT2D eigenvalue weighted by atomic mass is 10.4. The minimum atomic E-state index is -0.122. The third kappa shape index (κ3) is 2.37. The van der Waals surface area contributed by atoms with Crippen LogP contribution in [0.2, 0.25) is 0 Å². The lowest BCUT2D eigenvalue weighted by Gasteiger charge is -1.95. The predicted molar refractivity (Wildman–Crippen MR) is 62.5 cm³/mol. The maximum atomic E-state index is 2.35. The highest BCUT2D eigenvalue weighted by molar-refractivity contribution is 7.56. The van der Waals surface area contributed by atoms with Crippen molar-refractivity contribution in [2.24, 2.45) is 0 Å². The molecule has 0 nitrogen and oxygen atoms in total. The maximum Gasteiger partial charge on any atom is -0.00218 e. The molecule has 0 aliphatic rings. The Hall–Kier alpha value is -0.710. The third-order valence-electron chi connectivity index (χ3n) is 1.90. The maximum absolute atomic E-state index is 2.35. The summed E-state index contributed by atoms with van der Waals surface area (Å²) in [5.74, 6) is 4.66. The summed E-state index contributed by atoms with van der Waals surface area (Å²) in [5, 5.41) is 1.44. The normalized spacial score (nSPS) is 10.7. The van der Waals surface area contributed by atoms with Crippen LogP contribution in [-0.4, -0.2) is 0 Å². The molecule has 1 aromatic carbocycles. The molecule has 68 valence electrons. The molecule has 0 aliphatic carbocycles. The van der Waals surface area contributed by atoms with Crippen LogP contribution in [0.15, 0.2) is 48.0 Å². The third-order valence-corrected chi connectivity index (χ3v) is 3.95. The number of hydrogen-bond donors (Lipinski definition) is 0. The van der Waals surface area contributed by atoms with Crippen LogP contribution >= 0.6 is 19.9 Å². The summed E-state index contributed by atoms with van der Waals surface area (Å²) in [5.41, 5.74) is 1.39. The van der Waals surface area contributed by atoms with Gasteiger partial charge in [0.25, 0.3) is 0 Å². The fourth-order valence-corrected chi connectivity index (χ4v) is 3.11. The van der Waals surface area contributed by atoms with Gasteiger partial charge in [0.05, 0.1) is 0 Å². The van der Waals surface area contributed by atoms with Gasteiger partial charge in [-0.3, -0.25) is 0 Å². The van der Waals surface area contributed by atoms with Crippen molar-refractivity contribution >= 4 is 19.9 Å². The smallest absolute Gasteiger partial charge is 0.00218 e. The van der Waals surface area contributed by atoms with E-state index in [2.05, 4.69) is 54.9 Å². The van der Waals surface area contributed by atoms with Crippen molar-refractivity contribution in [2.45, 2.75) is 6.92 Å². The first-order valence-corrected chi connectivity index (χ1v) is 5.54. The number of aryl methyl sites for hydroxylation is 1. The lowest BCUT2D eigenvalue weighted by molar-refractivity contribution is 1.56. The molecule has 0 bridgehead atoms. The topological polar surface area (TPSA) is 0 Å². The quantitative estimate of drug-likeness (QED) is 0.655. The fraction of sp³-hybridized carbons (Fsp3) is 0.0909. The van der Waals surface area contributed by atoms with Gasteiger partial charge in [-0.2, -0.15) is 0 Å². The molecule has 0 saturated carbocycles. The Bertz CT molecular complexity index is 365. The van der Waals surface area contributed by atoms with Crippen LogP contribution in [0.4, 0.5) is 0 Å². The van der Waals surface area contributed by atoms with Crippen LogP contribution in [-0.2, 0) is 0 Å². The fourth-order valence-electron chi connectivity index (χ4n) is 1.26. The summed E-state index contributed by atoms with van der Waals surface area (Å²) >= 11 is 0. The van der Waals surface area contributed by atoms with Gasteiger partial charge in [0.15, 0.2) is 0 Å². The Morgan fingerprint density at radius 3 is 2.23 bits per heavy atom. The summed E-state index contributed by atoms with van der Waals surface area (Å²) in [6.07, 6.45) is 0. The molecule has 0 amide bonds. The molecule has 0 fully saturated rings. The summed E-state index contributed by atoms with van der Waals surface area (Å²) in [6.45, 7) is 2.15. The van der Waals surface area contributed by atoms with Gasteiger partial charge in [-0.1, -0.05) is 43.9 Å². The molecule has 1 heterocycles. The number of hydrogen-bond acceptors (Lipinski definition) is 0. The van der Waals surface area contributed by atoms with E-state index < -0.39 is 0 Å². The number of halogens is 1. The van der Waals surface area contributed by atoms with Gasteiger partial charge in [-0.15, -0.1) is 12.4 Å². The minimum Gasteiger partial charge on any atom is -0.147 e. The van der Waals surface area contributed by atoms with E-state index in [4.69, 9.17) is 0 Å². The zero-order chi connectivity index (χ0) is 8.39. The zero-order valence-corrected chi connectivity index (χ0v) is 9.19. The van der Waals surface area contributed by atoms with Gasteiger partial charge in [0, 0.05) is 0 Å². The predicted octanol–water partition coefficient (Wildman–Crippen LogP) is 4.39. The van der Waals surface area contributed by atoms with E-state index >= 15 is 0 Å². The van der Waals surface area contributed by atoms with Crippen molar-refractivity contribution in [3.63, 3.8) is 0 Å². The first kappa shape index (κ1) is 10.4. The zero-order valence-electron chi connectivity index (χ0n) is 7.47. The van der Waals surface area contributed by atoms with Crippen LogP contribution in [0.5, 0.6) is 0 Å². The van der Waals surface area contributed by atoms with Crippen molar-refractivity contribution in [2.75, 3.05) is 0 Å². The van der Waals surface area contributed by atoms with E-state index in [1.54, 1.807) is 0 Å². The molecule has 1 atom stereocenters. The Labute approximate surface area is 86.1 Å². The van der Waals surface area contributed by atoms with E-state index in [9.17, 15) is 0 Å². The number of rotatable bonds is 1. The molecular formula is C11H12ClP. The molecule has 1 unspecified atom stereocenters. The first-order chi connectivity index (χ1) is 5.86. The molecule has 0 aliphatic heterocycles. The van der Waals surface area contributed by atoms with Gasteiger partial charge in [0.1, 0.15) is 0 Å². The van der Waals surface area contributed by atoms with Crippen LogP contribution in [0, 0.1) is 6.92 Å². The van der Waals surface area contributed by atoms with Crippen molar-refractivity contribution in [3.8, 4) is 5.30 Å².